The number of aryl methyl sites for hydroxylation is 1. The Morgan fingerprint density at radius 1 is 1.20 bits per heavy atom. The van der Waals surface area contributed by atoms with Gasteiger partial charge in [-0.3, -0.25) is 9.52 Å². The van der Waals surface area contributed by atoms with Crippen LogP contribution in [0.1, 0.15) is 30.5 Å². The molecule has 1 N–H and O–H groups in total. The SMILES string of the molecule is CC(=O)N1c2ccc(S(=O)(=O)Nc3cccc(C)c3C)cc2C[C@H]1C. The summed E-state index contributed by atoms with van der Waals surface area (Å²) in [5, 5.41) is 0. The molecular weight excluding hydrogens is 336 g/mol. The molecule has 1 heterocycles. The van der Waals surface area contributed by atoms with Gasteiger partial charge in [0.15, 0.2) is 0 Å². The van der Waals surface area contributed by atoms with Crippen molar-refractivity contribution in [1.82, 2.24) is 0 Å². The van der Waals surface area contributed by atoms with Crippen LogP contribution < -0.4 is 9.62 Å². The number of hydrogen-bond acceptors (Lipinski definition) is 3. The summed E-state index contributed by atoms with van der Waals surface area (Å²) in [7, 11) is -3.68. The average molecular weight is 358 g/mol. The number of carbonyl (C=O) groups excluding carboxylic acids is 1. The second-order valence-electron chi connectivity index (χ2n) is 6.59. The zero-order valence-electron chi connectivity index (χ0n) is 14.8. The Morgan fingerprint density at radius 2 is 1.92 bits per heavy atom. The van der Waals surface area contributed by atoms with Gasteiger partial charge in [0.2, 0.25) is 5.91 Å². The van der Waals surface area contributed by atoms with E-state index in [0.29, 0.717) is 12.1 Å². The van der Waals surface area contributed by atoms with Gasteiger partial charge in [-0.15, -0.1) is 0 Å². The summed E-state index contributed by atoms with van der Waals surface area (Å²) >= 11 is 0. The van der Waals surface area contributed by atoms with Gasteiger partial charge in [-0.1, -0.05) is 12.1 Å². The van der Waals surface area contributed by atoms with Gasteiger partial charge in [0, 0.05) is 18.7 Å². The van der Waals surface area contributed by atoms with Crippen LogP contribution in [-0.4, -0.2) is 20.4 Å². The molecule has 25 heavy (non-hydrogen) atoms. The second kappa shape index (κ2) is 6.19. The fraction of sp³-hybridized carbons (Fsp3) is 0.316. The number of nitrogens with zero attached hydrogens (tertiary/aromatic N) is 1. The number of amides is 1. The molecule has 1 aliphatic heterocycles. The molecule has 132 valence electrons. The number of hydrogen-bond donors (Lipinski definition) is 1. The molecule has 1 atom stereocenters. The van der Waals surface area contributed by atoms with Crippen molar-refractivity contribution >= 4 is 27.3 Å². The van der Waals surface area contributed by atoms with Gasteiger partial charge in [-0.25, -0.2) is 8.42 Å². The third kappa shape index (κ3) is 3.14. The van der Waals surface area contributed by atoms with E-state index >= 15 is 0 Å². The minimum absolute atomic E-state index is 0.0321. The largest absolute Gasteiger partial charge is 0.309 e. The Bertz CT molecular complexity index is 951. The van der Waals surface area contributed by atoms with Crippen molar-refractivity contribution in [2.24, 2.45) is 0 Å². The highest BCUT2D eigenvalue weighted by Gasteiger charge is 2.30. The number of sulfonamides is 1. The van der Waals surface area contributed by atoms with Gasteiger partial charge in [-0.2, -0.15) is 0 Å². The lowest BCUT2D eigenvalue weighted by Gasteiger charge is -2.20. The molecule has 3 rings (SSSR count). The van der Waals surface area contributed by atoms with Crippen molar-refractivity contribution < 1.29 is 13.2 Å². The van der Waals surface area contributed by atoms with Crippen LogP contribution >= 0.6 is 0 Å². The van der Waals surface area contributed by atoms with Gasteiger partial charge in [0.1, 0.15) is 0 Å². The summed E-state index contributed by atoms with van der Waals surface area (Å²) < 4.78 is 28.2. The Kier molecular flexibility index (Phi) is 4.33. The molecule has 0 saturated heterocycles. The molecule has 0 aromatic heterocycles. The fourth-order valence-corrected chi connectivity index (χ4v) is 4.49. The van der Waals surface area contributed by atoms with Crippen molar-refractivity contribution in [2.45, 2.75) is 45.1 Å². The molecule has 0 unspecified atom stereocenters. The molecular formula is C19H22N2O3S. The van der Waals surface area contributed by atoms with Crippen LogP contribution in [0.3, 0.4) is 0 Å². The highest BCUT2D eigenvalue weighted by atomic mass is 32.2. The van der Waals surface area contributed by atoms with Gasteiger partial charge >= 0.3 is 0 Å². The van der Waals surface area contributed by atoms with E-state index < -0.39 is 10.0 Å². The second-order valence-corrected chi connectivity index (χ2v) is 8.27. The van der Waals surface area contributed by atoms with Gasteiger partial charge in [-0.05, 0) is 68.1 Å². The van der Waals surface area contributed by atoms with Crippen molar-refractivity contribution in [3.05, 3.63) is 53.1 Å². The van der Waals surface area contributed by atoms with E-state index in [1.54, 1.807) is 29.2 Å². The molecule has 1 aliphatic rings. The first kappa shape index (κ1) is 17.5. The summed E-state index contributed by atoms with van der Waals surface area (Å²) in [5.74, 6) is -0.0321. The number of anilines is 2. The normalized spacial score (nSPS) is 16.6. The van der Waals surface area contributed by atoms with Crippen LogP contribution in [0.5, 0.6) is 0 Å². The molecule has 0 aliphatic carbocycles. The Hall–Kier alpha value is -2.34. The lowest BCUT2D eigenvalue weighted by molar-refractivity contribution is -0.116. The van der Waals surface area contributed by atoms with Gasteiger partial charge in [0.05, 0.1) is 10.6 Å². The molecule has 0 spiro atoms. The molecule has 6 heteroatoms. The summed E-state index contributed by atoms with van der Waals surface area (Å²) in [6.45, 7) is 7.32. The van der Waals surface area contributed by atoms with Crippen molar-refractivity contribution in [3.63, 3.8) is 0 Å². The Balaban J connectivity index is 1.96. The van der Waals surface area contributed by atoms with Gasteiger partial charge < -0.3 is 4.90 Å². The predicted molar refractivity (Wildman–Crippen MR) is 99.5 cm³/mol. The Labute approximate surface area is 148 Å². The number of carbonyl (C=O) groups is 1. The standard InChI is InChI=1S/C19H22N2O3S/c1-12-6-5-7-18(14(12)3)20-25(23,24)17-8-9-19-16(11-17)10-13(2)21(19)15(4)22/h5-9,11,13,20H,10H2,1-4H3/t13-/m1/s1. The lowest BCUT2D eigenvalue weighted by Crippen LogP contribution is -2.33. The number of benzene rings is 2. The van der Waals surface area contributed by atoms with Crippen LogP contribution in [0.2, 0.25) is 0 Å². The highest BCUT2D eigenvalue weighted by molar-refractivity contribution is 7.92. The first-order valence-electron chi connectivity index (χ1n) is 8.22. The van der Waals surface area contributed by atoms with Crippen molar-refractivity contribution in [3.8, 4) is 0 Å². The van der Waals surface area contributed by atoms with Crippen LogP contribution in [0.25, 0.3) is 0 Å². The molecule has 0 fully saturated rings. The van der Waals surface area contributed by atoms with Crippen molar-refractivity contribution in [2.75, 3.05) is 9.62 Å². The smallest absolute Gasteiger partial charge is 0.261 e. The molecule has 2 aromatic rings. The highest BCUT2D eigenvalue weighted by Crippen LogP contribution is 2.34. The number of nitrogens with one attached hydrogen (secondary N) is 1. The van der Waals surface area contributed by atoms with Crippen LogP contribution in [0.4, 0.5) is 11.4 Å². The lowest BCUT2D eigenvalue weighted by atomic mass is 10.1. The number of fused-ring (bicyclic) bond motifs is 1. The predicted octanol–water partition coefficient (Wildman–Crippen LogP) is 3.40. The van der Waals surface area contributed by atoms with E-state index in [4.69, 9.17) is 0 Å². The topological polar surface area (TPSA) is 66.5 Å². The van der Waals surface area contributed by atoms with Crippen LogP contribution in [0, 0.1) is 13.8 Å². The minimum atomic E-state index is -3.68. The molecule has 0 bridgehead atoms. The minimum Gasteiger partial charge on any atom is -0.309 e. The zero-order chi connectivity index (χ0) is 18.4. The fourth-order valence-electron chi connectivity index (χ4n) is 3.32. The maximum Gasteiger partial charge on any atom is 0.261 e. The first-order valence-corrected chi connectivity index (χ1v) is 9.71. The zero-order valence-corrected chi connectivity index (χ0v) is 15.6. The summed E-state index contributed by atoms with van der Waals surface area (Å²) in [4.78, 5) is 13.7. The van der Waals surface area contributed by atoms with E-state index in [9.17, 15) is 13.2 Å². The molecule has 0 saturated carbocycles. The maximum absolute atomic E-state index is 12.8. The van der Waals surface area contributed by atoms with E-state index in [2.05, 4.69) is 4.72 Å². The van der Waals surface area contributed by atoms with E-state index in [0.717, 1.165) is 22.4 Å². The van der Waals surface area contributed by atoms with Crippen LogP contribution in [-0.2, 0) is 21.2 Å². The van der Waals surface area contributed by atoms with E-state index in [-0.39, 0.29) is 16.8 Å². The molecule has 2 aromatic carbocycles. The van der Waals surface area contributed by atoms with Crippen LogP contribution in [0.15, 0.2) is 41.3 Å². The molecule has 1 amide bonds. The Morgan fingerprint density at radius 3 is 2.60 bits per heavy atom. The van der Waals surface area contributed by atoms with E-state index in [1.165, 1.54) is 6.92 Å². The first-order chi connectivity index (χ1) is 11.7. The quantitative estimate of drug-likeness (QED) is 0.914. The summed E-state index contributed by atoms with van der Waals surface area (Å²) in [5.41, 5.74) is 4.19. The van der Waals surface area contributed by atoms with Gasteiger partial charge in [0.25, 0.3) is 10.0 Å². The van der Waals surface area contributed by atoms with E-state index in [1.807, 2.05) is 32.9 Å². The summed E-state index contributed by atoms with van der Waals surface area (Å²) in [6, 6.07) is 10.5. The molecule has 0 radical (unpaired) electrons. The third-order valence-corrected chi connectivity index (χ3v) is 6.13. The number of rotatable bonds is 3. The average Bonchev–Trinajstić information content (AvgIpc) is 2.86. The van der Waals surface area contributed by atoms with Crippen molar-refractivity contribution in [1.29, 1.82) is 0 Å². The summed E-state index contributed by atoms with van der Waals surface area (Å²) in [6.07, 6.45) is 0.655. The maximum atomic E-state index is 12.8. The molecule has 5 nitrogen and oxygen atoms in total. The monoisotopic (exact) mass is 358 g/mol. The third-order valence-electron chi connectivity index (χ3n) is 4.77.